The van der Waals surface area contributed by atoms with Crippen molar-refractivity contribution in [1.82, 2.24) is 15.0 Å². The molecule has 0 aliphatic carbocycles. The number of fused-ring (bicyclic) bond motifs is 1. The average molecular weight is 374 g/mol. The lowest BCUT2D eigenvalue weighted by Crippen LogP contribution is -2.14. The molecule has 0 aliphatic rings. The van der Waals surface area contributed by atoms with Crippen molar-refractivity contribution in [2.45, 2.75) is 20.8 Å². The van der Waals surface area contributed by atoms with Gasteiger partial charge in [0.05, 0.1) is 11.4 Å². The van der Waals surface area contributed by atoms with Gasteiger partial charge in [-0.25, -0.2) is 9.48 Å². The lowest BCUT2D eigenvalue weighted by molar-refractivity contribution is 0.102. The summed E-state index contributed by atoms with van der Waals surface area (Å²) in [4.78, 5) is 24.0. The van der Waals surface area contributed by atoms with Crippen molar-refractivity contribution in [3.63, 3.8) is 0 Å². The molecule has 2 aromatic carbocycles. The maximum Gasteiger partial charge on any atom is 0.336 e. The second kappa shape index (κ2) is 6.77. The first-order chi connectivity index (χ1) is 13.4. The molecule has 0 fully saturated rings. The largest absolute Gasteiger partial charge is 0.423 e. The van der Waals surface area contributed by atoms with E-state index >= 15 is 0 Å². The van der Waals surface area contributed by atoms with Gasteiger partial charge in [-0.15, -0.1) is 5.10 Å². The van der Waals surface area contributed by atoms with Crippen molar-refractivity contribution < 1.29 is 9.21 Å². The molecule has 0 radical (unpaired) electrons. The van der Waals surface area contributed by atoms with Gasteiger partial charge >= 0.3 is 5.63 Å². The number of anilines is 1. The molecule has 0 spiro atoms. The Morgan fingerprint density at radius 2 is 1.82 bits per heavy atom. The van der Waals surface area contributed by atoms with Gasteiger partial charge in [0.25, 0.3) is 5.91 Å². The summed E-state index contributed by atoms with van der Waals surface area (Å²) in [6.45, 7) is 5.88. The third kappa shape index (κ3) is 3.18. The number of amides is 1. The van der Waals surface area contributed by atoms with E-state index in [1.807, 2.05) is 32.0 Å². The monoisotopic (exact) mass is 374 g/mol. The van der Waals surface area contributed by atoms with Gasteiger partial charge in [-0.05, 0) is 68.3 Å². The smallest absolute Gasteiger partial charge is 0.336 e. The van der Waals surface area contributed by atoms with Gasteiger partial charge in [0.2, 0.25) is 0 Å². The molecule has 140 valence electrons. The molecule has 1 amide bonds. The van der Waals surface area contributed by atoms with Gasteiger partial charge in [0.1, 0.15) is 5.58 Å². The zero-order chi connectivity index (χ0) is 19.8. The Morgan fingerprint density at radius 3 is 2.61 bits per heavy atom. The molecule has 2 aromatic heterocycles. The summed E-state index contributed by atoms with van der Waals surface area (Å²) in [5, 5.41) is 11.7. The third-order valence-corrected chi connectivity index (χ3v) is 4.72. The van der Waals surface area contributed by atoms with E-state index in [0.29, 0.717) is 22.4 Å². The fourth-order valence-electron chi connectivity index (χ4n) is 2.98. The summed E-state index contributed by atoms with van der Waals surface area (Å²) in [5.41, 5.74) is 4.70. The Bertz CT molecular complexity index is 1270. The minimum Gasteiger partial charge on any atom is -0.423 e. The van der Waals surface area contributed by atoms with Crippen LogP contribution in [0.2, 0.25) is 0 Å². The van der Waals surface area contributed by atoms with Crippen LogP contribution in [0.25, 0.3) is 16.7 Å². The van der Waals surface area contributed by atoms with E-state index in [-0.39, 0.29) is 11.6 Å². The van der Waals surface area contributed by atoms with E-state index in [1.54, 1.807) is 35.9 Å². The lowest BCUT2D eigenvalue weighted by Gasteiger charge is -2.07. The Morgan fingerprint density at radius 1 is 1.00 bits per heavy atom. The normalized spacial score (nSPS) is 11.0. The van der Waals surface area contributed by atoms with Crippen molar-refractivity contribution in [3.8, 4) is 5.69 Å². The fraction of sp³-hybridized carbons (Fsp3) is 0.143. The highest BCUT2D eigenvalue weighted by molar-refractivity contribution is 6.04. The lowest BCUT2D eigenvalue weighted by atomic mass is 10.1. The molecule has 0 saturated heterocycles. The molecule has 28 heavy (non-hydrogen) atoms. The summed E-state index contributed by atoms with van der Waals surface area (Å²) < 4.78 is 6.75. The van der Waals surface area contributed by atoms with E-state index in [4.69, 9.17) is 4.42 Å². The summed E-state index contributed by atoms with van der Waals surface area (Å²) >= 11 is 0. The van der Waals surface area contributed by atoms with Gasteiger partial charge < -0.3 is 9.73 Å². The van der Waals surface area contributed by atoms with Crippen LogP contribution < -0.4 is 10.9 Å². The second-order valence-corrected chi connectivity index (χ2v) is 6.66. The Kier molecular flexibility index (Phi) is 4.27. The van der Waals surface area contributed by atoms with Crippen molar-refractivity contribution >= 4 is 22.6 Å². The Labute approximate surface area is 160 Å². The molecule has 0 atom stereocenters. The standard InChI is InChI=1S/C21H18N4O3/c1-12-4-7-17(10-13(12)2)25-14(3)20(23-24-25)21(27)22-16-6-8-18-15(11-16)5-9-19(26)28-18/h4-11H,1-3H3,(H,22,27). The number of aromatic nitrogens is 3. The van der Waals surface area contributed by atoms with Crippen LogP contribution in [0, 0.1) is 20.8 Å². The molecular formula is C21H18N4O3. The third-order valence-electron chi connectivity index (χ3n) is 4.72. The number of hydrogen-bond donors (Lipinski definition) is 1. The average Bonchev–Trinajstić information content (AvgIpc) is 3.05. The van der Waals surface area contributed by atoms with Crippen molar-refractivity contribution in [3.05, 3.63) is 81.5 Å². The van der Waals surface area contributed by atoms with E-state index in [2.05, 4.69) is 15.6 Å². The van der Waals surface area contributed by atoms with Crippen LogP contribution >= 0.6 is 0 Å². The zero-order valence-corrected chi connectivity index (χ0v) is 15.7. The van der Waals surface area contributed by atoms with Gasteiger partial charge in [0, 0.05) is 17.1 Å². The zero-order valence-electron chi connectivity index (χ0n) is 15.7. The molecule has 2 heterocycles. The highest BCUT2D eigenvalue weighted by Gasteiger charge is 2.18. The number of benzene rings is 2. The molecule has 0 saturated carbocycles. The van der Waals surface area contributed by atoms with Gasteiger partial charge in [-0.3, -0.25) is 4.79 Å². The quantitative estimate of drug-likeness (QED) is 0.554. The van der Waals surface area contributed by atoms with E-state index in [9.17, 15) is 9.59 Å². The number of carbonyl (C=O) groups excluding carboxylic acids is 1. The van der Waals surface area contributed by atoms with Crippen LogP contribution in [0.5, 0.6) is 0 Å². The number of aryl methyl sites for hydroxylation is 2. The first-order valence-corrected chi connectivity index (χ1v) is 8.77. The van der Waals surface area contributed by atoms with Gasteiger partial charge in [-0.1, -0.05) is 11.3 Å². The second-order valence-electron chi connectivity index (χ2n) is 6.66. The van der Waals surface area contributed by atoms with Crippen molar-refractivity contribution in [2.75, 3.05) is 5.32 Å². The van der Waals surface area contributed by atoms with Crippen molar-refractivity contribution in [1.29, 1.82) is 0 Å². The summed E-state index contributed by atoms with van der Waals surface area (Å²) in [5.74, 6) is -0.357. The maximum absolute atomic E-state index is 12.7. The van der Waals surface area contributed by atoms with E-state index in [1.165, 1.54) is 11.6 Å². The minimum absolute atomic E-state index is 0.248. The minimum atomic E-state index is -0.414. The number of nitrogens with one attached hydrogen (secondary N) is 1. The molecule has 0 unspecified atom stereocenters. The predicted octanol–water partition coefficient (Wildman–Crippen LogP) is 3.55. The number of hydrogen-bond acceptors (Lipinski definition) is 5. The Balaban J connectivity index is 1.62. The first kappa shape index (κ1) is 17.7. The molecular weight excluding hydrogens is 356 g/mol. The highest BCUT2D eigenvalue weighted by Crippen LogP contribution is 2.20. The molecule has 1 N–H and O–H groups in total. The van der Waals surface area contributed by atoms with Gasteiger partial charge in [-0.2, -0.15) is 0 Å². The van der Waals surface area contributed by atoms with Crippen LogP contribution in [-0.4, -0.2) is 20.9 Å². The number of carbonyl (C=O) groups is 1. The van der Waals surface area contributed by atoms with Crippen LogP contribution in [0.1, 0.15) is 27.3 Å². The fourth-order valence-corrected chi connectivity index (χ4v) is 2.98. The van der Waals surface area contributed by atoms with Crippen molar-refractivity contribution in [2.24, 2.45) is 0 Å². The summed E-state index contributed by atoms with van der Waals surface area (Å²) in [6, 6.07) is 14.0. The van der Waals surface area contributed by atoms with E-state index in [0.717, 1.165) is 11.3 Å². The van der Waals surface area contributed by atoms with Gasteiger partial charge in [0.15, 0.2) is 5.69 Å². The molecule has 0 aliphatic heterocycles. The molecule has 0 bridgehead atoms. The number of rotatable bonds is 3. The predicted molar refractivity (Wildman–Crippen MR) is 106 cm³/mol. The topological polar surface area (TPSA) is 90.0 Å². The molecule has 7 nitrogen and oxygen atoms in total. The van der Waals surface area contributed by atoms with E-state index < -0.39 is 5.63 Å². The highest BCUT2D eigenvalue weighted by atomic mass is 16.4. The first-order valence-electron chi connectivity index (χ1n) is 8.77. The molecule has 4 rings (SSSR count). The summed E-state index contributed by atoms with van der Waals surface area (Å²) in [6.07, 6.45) is 0. The molecule has 7 heteroatoms. The number of nitrogens with zero attached hydrogens (tertiary/aromatic N) is 3. The maximum atomic E-state index is 12.7. The summed E-state index contributed by atoms with van der Waals surface area (Å²) in [7, 11) is 0. The van der Waals surface area contributed by atoms with Crippen LogP contribution in [-0.2, 0) is 0 Å². The van der Waals surface area contributed by atoms with Crippen LogP contribution in [0.15, 0.2) is 57.7 Å². The molecule has 4 aromatic rings. The SMILES string of the molecule is Cc1ccc(-n2nnc(C(=O)Nc3ccc4oc(=O)ccc4c3)c2C)cc1C. The van der Waals surface area contributed by atoms with Crippen LogP contribution in [0.3, 0.4) is 0 Å². The Hall–Kier alpha value is -3.74. The van der Waals surface area contributed by atoms with Crippen LogP contribution in [0.4, 0.5) is 5.69 Å².